The van der Waals surface area contributed by atoms with E-state index in [4.69, 9.17) is 0 Å². The van der Waals surface area contributed by atoms with Crippen molar-refractivity contribution < 1.29 is 26.2 Å². The molecule has 0 fully saturated rings. The number of halogens is 2. The first kappa shape index (κ1) is 25.9. The molecule has 0 radical (unpaired) electrons. The van der Waals surface area contributed by atoms with Gasteiger partial charge in [0.1, 0.15) is 0 Å². The van der Waals surface area contributed by atoms with E-state index >= 15 is 0 Å². The average molecular weight is 470 g/mol. The van der Waals surface area contributed by atoms with Crippen LogP contribution in [0.25, 0.3) is 11.1 Å². The minimum absolute atomic E-state index is 0. The van der Waals surface area contributed by atoms with Crippen molar-refractivity contribution in [2.75, 3.05) is 0 Å². The molecule has 0 aromatic heterocycles. The number of aryl methyl sites for hydroxylation is 2. The molecule has 2 aromatic rings. The summed E-state index contributed by atoms with van der Waals surface area (Å²) in [7, 11) is 0. The van der Waals surface area contributed by atoms with Crippen molar-refractivity contribution in [3.05, 3.63) is 57.6 Å². The second-order valence-electron chi connectivity index (χ2n) is 9.22. The molecule has 0 bridgehead atoms. The SMILES string of the molecule is Cc1cc2c(c(C(C)(C)C)c1)-c1cc(C(C)(C)C)c(C)[c-]c1C2.Cl.Cl.[Zr]. The van der Waals surface area contributed by atoms with Crippen molar-refractivity contribution in [2.24, 2.45) is 0 Å². The summed E-state index contributed by atoms with van der Waals surface area (Å²) in [5, 5.41) is 0. The van der Waals surface area contributed by atoms with Crippen LogP contribution in [0.2, 0.25) is 0 Å². The van der Waals surface area contributed by atoms with E-state index < -0.39 is 0 Å². The predicted molar refractivity (Wildman–Crippen MR) is 115 cm³/mol. The van der Waals surface area contributed by atoms with E-state index in [1.54, 1.807) is 0 Å². The molecule has 0 heterocycles. The van der Waals surface area contributed by atoms with Gasteiger partial charge in [-0.25, -0.2) is 0 Å². The fourth-order valence-corrected chi connectivity index (χ4v) is 3.94. The first-order chi connectivity index (χ1) is 10.5. The van der Waals surface area contributed by atoms with Gasteiger partial charge >= 0.3 is 0 Å². The zero-order valence-corrected chi connectivity index (χ0v) is 21.3. The summed E-state index contributed by atoms with van der Waals surface area (Å²) >= 11 is 0. The van der Waals surface area contributed by atoms with Crippen LogP contribution in [0, 0.1) is 19.9 Å². The first-order valence-electron chi connectivity index (χ1n) is 8.69. The van der Waals surface area contributed by atoms with Gasteiger partial charge in [0.25, 0.3) is 0 Å². The fraction of sp³-hybridized carbons (Fsp3) is 0.478. The van der Waals surface area contributed by atoms with Gasteiger partial charge in [0.05, 0.1) is 0 Å². The largest absolute Gasteiger partial charge is 0.176 e. The molecule has 2 aromatic carbocycles. The Morgan fingerprint density at radius 1 is 0.808 bits per heavy atom. The maximum atomic E-state index is 3.71. The Hall–Kier alpha value is -0.0969. The van der Waals surface area contributed by atoms with Gasteiger partial charge in [-0.2, -0.15) is 17.7 Å². The van der Waals surface area contributed by atoms with Gasteiger partial charge in [-0.3, -0.25) is 0 Å². The standard InChI is InChI=1S/C23H29.2ClH.Zr/c1-14-9-17-12-16-11-15(2)19(22(3,4)5)13-18(16)21(17)20(10-14)23(6,7)8;;;/h9-10,13H,12H2,1-8H3;2*1H;/q-1;;;. The summed E-state index contributed by atoms with van der Waals surface area (Å²) in [6, 6.07) is 10.9. The van der Waals surface area contributed by atoms with E-state index in [0.717, 1.165) is 6.42 Å². The normalized spacial score (nSPS) is 12.3. The van der Waals surface area contributed by atoms with Crippen LogP contribution in [0.3, 0.4) is 0 Å². The first-order valence-corrected chi connectivity index (χ1v) is 8.69. The molecule has 0 spiro atoms. The van der Waals surface area contributed by atoms with Gasteiger partial charge in [-0.1, -0.05) is 77.1 Å². The van der Waals surface area contributed by atoms with Crippen LogP contribution in [0.5, 0.6) is 0 Å². The molecule has 0 amide bonds. The predicted octanol–water partition coefficient (Wildman–Crippen LogP) is 7.11. The number of hydrogen-bond donors (Lipinski definition) is 0. The van der Waals surface area contributed by atoms with E-state index in [9.17, 15) is 0 Å². The number of fused-ring (bicyclic) bond motifs is 3. The van der Waals surface area contributed by atoms with Crippen LogP contribution >= 0.6 is 24.8 Å². The van der Waals surface area contributed by atoms with E-state index in [2.05, 4.69) is 79.7 Å². The Balaban J connectivity index is 0.00000208. The van der Waals surface area contributed by atoms with Crippen molar-refractivity contribution in [1.29, 1.82) is 0 Å². The molecule has 0 unspecified atom stereocenters. The Morgan fingerprint density at radius 2 is 1.35 bits per heavy atom. The van der Waals surface area contributed by atoms with Gasteiger partial charge < -0.3 is 0 Å². The van der Waals surface area contributed by atoms with Crippen LogP contribution in [-0.4, -0.2) is 0 Å². The van der Waals surface area contributed by atoms with E-state index in [1.807, 2.05) is 0 Å². The van der Waals surface area contributed by atoms with Crippen molar-refractivity contribution in [3.63, 3.8) is 0 Å². The van der Waals surface area contributed by atoms with Gasteiger partial charge in [-0.05, 0) is 29.9 Å². The van der Waals surface area contributed by atoms with Gasteiger partial charge in [0, 0.05) is 26.2 Å². The molecule has 0 atom stereocenters. The van der Waals surface area contributed by atoms with Crippen molar-refractivity contribution >= 4 is 24.8 Å². The van der Waals surface area contributed by atoms with Crippen LogP contribution in [-0.2, 0) is 43.5 Å². The topological polar surface area (TPSA) is 0 Å². The molecule has 0 saturated heterocycles. The van der Waals surface area contributed by atoms with Crippen LogP contribution in [0.15, 0.2) is 18.2 Å². The zero-order chi connectivity index (χ0) is 17.2. The quantitative estimate of drug-likeness (QED) is 0.308. The summed E-state index contributed by atoms with van der Waals surface area (Å²) < 4.78 is 0. The van der Waals surface area contributed by atoms with Crippen LogP contribution in [0.1, 0.15) is 74.9 Å². The Bertz CT molecular complexity index is 793. The number of rotatable bonds is 0. The van der Waals surface area contributed by atoms with E-state index in [0.29, 0.717) is 0 Å². The average Bonchev–Trinajstić information content (AvgIpc) is 2.70. The third kappa shape index (κ3) is 4.65. The zero-order valence-electron chi connectivity index (χ0n) is 17.3. The van der Waals surface area contributed by atoms with E-state index in [-0.39, 0.29) is 61.8 Å². The molecule has 1 aliphatic carbocycles. The third-order valence-electron chi connectivity index (χ3n) is 4.97. The fourth-order valence-electron chi connectivity index (χ4n) is 3.94. The molecule has 142 valence electrons. The summed E-state index contributed by atoms with van der Waals surface area (Å²) in [5.41, 5.74) is 11.6. The Labute approximate surface area is 191 Å². The van der Waals surface area contributed by atoms with Crippen LogP contribution < -0.4 is 0 Å². The molecule has 0 nitrogen and oxygen atoms in total. The summed E-state index contributed by atoms with van der Waals surface area (Å²) in [5.74, 6) is 0. The number of hydrogen-bond acceptors (Lipinski definition) is 0. The molecule has 0 saturated carbocycles. The van der Waals surface area contributed by atoms with Gasteiger partial charge in [-0.15, -0.1) is 41.5 Å². The van der Waals surface area contributed by atoms with Crippen molar-refractivity contribution in [1.82, 2.24) is 0 Å². The van der Waals surface area contributed by atoms with Gasteiger partial charge in [0.15, 0.2) is 0 Å². The molecule has 0 aliphatic heterocycles. The smallest absolute Gasteiger partial charge is 0 e. The summed E-state index contributed by atoms with van der Waals surface area (Å²) in [6.07, 6.45) is 1.03. The molecular weight excluding hydrogens is 438 g/mol. The maximum absolute atomic E-state index is 3.71. The molecule has 0 N–H and O–H groups in total. The molecular formula is C23H31Cl2Zr-. The second-order valence-corrected chi connectivity index (χ2v) is 9.22. The molecule has 26 heavy (non-hydrogen) atoms. The Kier molecular flexibility index (Phi) is 8.47. The third-order valence-corrected chi connectivity index (χ3v) is 4.97. The number of benzene rings is 2. The van der Waals surface area contributed by atoms with Crippen molar-refractivity contribution in [2.45, 2.75) is 72.6 Å². The van der Waals surface area contributed by atoms with Crippen molar-refractivity contribution in [3.8, 4) is 11.1 Å². The minimum Gasteiger partial charge on any atom is -0.176 e. The molecule has 3 rings (SSSR count). The second kappa shape index (κ2) is 8.50. The molecule has 3 heteroatoms. The monoisotopic (exact) mass is 467 g/mol. The Morgan fingerprint density at radius 3 is 1.85 bits per heavy atom. The summed E-state index contributed by atoms with van der Waals surface area (Å²) in [6.45, 7) is 18.3. The minimum atomic E-state index is 0. The summed E-state index contributed by atoms with van der Waals surface area (Å²) in [4.78, 5) is 0. The molecule has 1 aliphatic rings. The van der Waals surface area contributed by atoms with E-state index in [1.165, 1.54) is 44.5 Å². The van der Waals surface area contributed by atoms with Crippen LogP contribution in [0.4, 0.5) is 0 Å². The van der Waals surface area contributed by atoms with Gasteiger partial charge in [0.2, 0.25) is 0 Å². The maximum Gasteiger partial charge on any atom is 0 e.